The summed E-state index contributed by atoms with van der Waals surface area (Å²) in [6.45, 7) is 7.83. The third-order valence-electron chi connectivity index (χ3n) is 8.15. The number of carbonyl (C=O) groups excluding carboxylic acids is 1. The number of ether oxygens (including phenoxy) is 10. The van der Waals surface area contributed by atoms with Gasteiger partial charge in [-0.1, -0.05) is 60.7 Å². The molecule has 0 bridgehead atoms. The molecule has 0 amide bonds. The van der Waals surface area contributed by atoms with Gasteiger partial charge in [-0.15, -0.1) is 0 Å². The molecule has 322 valence electrons. The van der Waals surface area contributed by atoms with Crippen LogP contribution in [0.3, 0.4) is 0 Å². The molecule has 13 heteroatoms. The number of nitrogens with zero attached hydrogens (tertiary/aromatic N) is 1. The first-order valence-electron chi connectivity index (χ1n) is 19.6. The van der Waals surface area contributed by atoms with Gasteiger partial charge in [0.2, 0.25) is 0 Å². The van der Waals surface area contributed by atoms with Gasteiger partial charge in [0, 0.05) is 14.2 Å². The van der Waals surface area contributed by atoms with Gasteiger partial charge in [0.15, 0.2) is 23.0 Å². The molecule has 0 spiro atoms. The summed E-state index contributed by atoms with van der Waals surface area (Å²) in [5.41, 5.74) is 4.98. The fraction of sp³-hybridized carbons (Fsp3) is 0.362. The van der Waals surface area contributed by atoms with Crippen molar-refractivity contribution in [2.24, 2.45) is 0 Å². The molecule has 4 aromatic carbocycles. The normalized spacial score (nSPS) is 10.9. The molecular formula is C47H57NO12. The Balaban J connectivity index is 0.000000418. The number of phenolic OH excluding ortho intramolecular Hbond substituents is 1. The van der Waals surface area contributed by atoms with Crippen LogP contribution in [0.5, 0.6) is 23.0 Å². The van der Waals surface area contributed by atoms with Crippen molar-refractivity contribution < 1.29 is 57.3 Å². The Labute approximate surface area is 353 Å². The van der Waals surface area contributed by atoms with E-state index < -0.39 is 0 Å². The Morgan fingerprint density at radius 3 is 1.48 bits per heavy atom. The van der Waals surface area contributed by atoms with Gasteiger partial charge < -0.3 is 52.5 Å². The van der Waals surface area contributed by atoms with Crippen molar-refractivity contribution in [1.82, 2.24) is 0 Å². The molecule has 0 atom stereocenters. The molecule has 0 unspecified atom stereocenters. The standard InChI is InChI=1S/C31H44O10.C16H13NO2/c1-4-39-31(32)28-10-7-26(8-11-28)5-6-27-9-12-29(40-23-21-37-19-17-35-15-13-33-2)30(25-27)41-24-22-38-20-18-36-16-14-34-3;1-19-16-10-13(8-9-15(16)18)5-2-12-3-6-14(11-17)7-4-12/h5-12,25H,4,13-24H2,1-3H3;2-10,18H,1H3. The lowest BCUT2D eigenvalue weighted by Crippen LogP contribution is -2.14. The SMILES string of the molecule is CCOC(=O)c1ccc(C=Cc2ccc(OCCOCCOCCOC)c(OCCOCCOCCOC)c2)cc1.COc1cc(C=Cc2ccc(C#N)cc2)ccc1O. The topological polar surface area (TPSA) is 153 Å². The average molecular weight is 828 g/mol. The number of phenols is 1. The van der Waals surface area contributed by atoms with Gasteiger partial charge in [-0.25, -0.2) is 4.79 Å². The predicted octanol–water partition coefficient (Wildman–Crippen LogP) is 7.59. The monoisotopic (exact) mass is 827 g/mol. The molecule has 0 aromatic heterocycles. The minimum Gasteiger partial charge on any atom is -0.504 e. The van der Waals surface area contributed by atoms with Gasteiger partial charge >= 0.3 is 5.97 Å². The highest BCUT2D eigenvalue weighted by atomic mass is 16.6. The summed E-state index contributed by atoms with van der Waals surface area (Å²) < 4.78 is 53.9. The van der Waals surface area contributed by atoms with Crippen molar-refractivity contribution >= 4 is 30.3 Å². The predicted molar refractivity (Wildman–Crippen MR) is 231 cm³/mol. The molecule has 4 aromatic rings. The number of carbonyl (C=O) groups is 1. The third-order valence-corrected chi connectivity index (χ3v) is 8.15. The van der Waals surface area contributed by atoms with E-state index in [9.17, 15) is 9.90 Å². The zero-order valence-corrected chi connectivity index (χ0v) is 35.0. The van der Waals surface area contributed by atoms with E-state index in [1.165, 1.54) is 7.11 Å². The van der Waals surface area contributed by atoms with E-state index in [0.717, 1.165) is 22.3 Å². The van der Waals surface area contributed by atoms with E-state index in [0.29, 0.717) is 114 Å². The molecule has 0 aliphatic heterocycles. The molecule has 0 aliphatic rings. The lowest BCUT2D eigenvalue weighted by atomic mass is 10.1. The van der Waals surface area contributed by atoms with Gasteiger partial charge in [0.1, 0.15) is 13.2 Å². The summed E-state index contributed by atoms with van der Waals surface area (Å²) in [7, 11) is 4.79. The van der Waals surface area contributed by atoms with E-state index in [2.05, 4.69) is 6.07 Å². The smallest absolute Gasteiger partial charge is 0.338 e. The maximum atomic E-state index is 11.9. The van der Waals surface area contributed by atoms with Gasteiger partial charge in [-0.3, -0.25) is 0 Å². The molecule has 1 N–H and O–H groups in total. The van der Waals surface area contributed by atoms with Gasteiger partial charge in [-0.2, -0.15) is 5.26 Å². The van der Waals surface area contributed by atoms with Crippen LogP contribution in [0.2, 0.25) is 0 Å². The number of esters is 1. The van der Waals surface area contributed by atoms with E-state index >= 15 is 0 Å². The van der Waals surface area contributed by atoms with E-state index in [4.69, 9.17) is 52.6 Å². The molecule has 0 heterocycles. The van der Waals surface area contributed by atoms with E-state index in [-0.39, 0.29) is 11.7 Å². The lowest BCUT2D eigenvalue weighted by molar-refractivity contribution is 0.0160. The molecule has 0 saturated carbocycles. The summed E-state index contributed by atoms with van der Waals surface area (Å²) in [6, 6.07) is 27.5. The zero-order chi connectivity index (χ0) is 43.0. The molecule has 0 fully saturated rings. The summed E-state index contributed by atoms with van der Waals surface area (Å²) >= 11 is 0. The van der Waals surface area contributed by atoms with Crippen molar-refractivity contribution in [3.05, 3.63) is 118 Å². The molecule has 0 aliphatic carbocycles. The lowest BCUT2D eigenvalue weighted by Gasteiger charge is -2.14. The quantitative estimate of drug-likeness (QED) is 0.0357. The van der Waals surface area contributed by atoms with Crippen molar-refractivity contribution in [1.29, 1.82) is 5.26 Å². The first-order chi connectivity index (χ1) is 29.4. The van der Waals surface area contributed by atoms with Gasteiger partial charge in [0.05, 0.1) is 97.0 Å². The number of nitriles is 1. The number of rotatable bonds is 27. The second-order valence-electron chi connectivity index (χ2n) is 12.5. The fourth-order valence-electron chi connectivity index (χ4n) is 5.01. The van der Waals surface area contributed by atoms with Gasteiger partial charge in [0.25, 0.3) is 0 Å². The molecule has 13 nitrogen and oxygen atoms in total. The zero-order valence-electron chi connectivity index (χ0n) is 35.0. The minimum absolute atomic E-state index is 0.123. The Morgan fingerprint density at radius 2 is 0.983 bits per heavy atom. The summed E-state index contributed by atoms with van der Waals surface area (Å²) in [5.74, 6) is 1.46. The molecule has 0 saturated heterocycles. The molecular weight excluding hydrogens is 771 g/mol. The number of hydrogen-bond acceptors (Lipinski definition) is 13. The highest BCUT2D eigenvalue weighted by Gasteiger charge is 2.08. The Hall–Kier alpha value is -5.72. The molecule has 4 rings (SSSR count). The largest absolute Gasteiger partial charge is 0.504 e. The van der Waals surface area contributed by atoms with Crippen LogP contribution in [0.1, 0.15) is 45.1 Å². The maximum Gasteiger partial charge on any atom is 0.338 e. The van der Waals surface area contributed by atoms with Crippen molar-refractivity contribution in [2.75, 3.05) is 107 Å². The summed E-state index contributed by atoms with van der Waals surface area (Å²) in [6.07, 6.45) is 7.79. The number of aromatic hydroxyl groups is 1. The first kappa shape index (κ1) is 48.6. The second-order valence-corrected chi connectivity index (χ2v) is 12.5. The van der Waals surface area contributed by atoms with Crippen LogP contribution in [0.25, 0.3) is 24.3 Å². The number of benzene rings is 4. The Kier molecular flexibility index (Phi) is 24.6. The van der Waals surface area contributed by atoms with E-state index in [1.807, 2.05) is 66.8 Å². The number of hydrogen-bond donors (Lipinski definition) is 1. The highest BCUT2D eigenvalue weighted by Crippen LogP contribution is 2.30. The third kappa shape index (κ3) is 19.8. The second kappa shape index (κ2) is 30.3. The van der Waals surface area contributed by atoms with Crippen molar-refractivity contribution in [3.8, 4) is 29.1 Å². The average Bonchev–Trinajstić information content (AvgIpc) is 3.28. The first-order valence-corrected chi connectivity index (χ1v) is 19.6. The Morgan fingerprint density at radius 1 is 0.550 bits per heavy atom. The fourth-order valence-corrected chi connectivity index (χ4v) is 5.01. The van der Waals surface area contributed by atoms with Crippen LogP contribution in [0.4, 0.5) is 0 Å². The van der Waals surface area contributed by atoms with Crippen LogP contribution in [0.15, 0.2) is 84.9 Å². The van der Waals surface area contributed by atoms with Crippen molar-refractivity contribution in [3.63, 3.8) is 0 Å². The van der Waals surface area contributed by atoms with Crippen LogP contribution in [0, 0.1) is 11.3 Å². The summed E-state index contributed by atoms with van der Waals surface area (Å²) in [4.78, 5) is 11.9. The minimum atomic E-state index is -0.330. The highest BCUT2D eigenvalue weighted by molar-refractivity contribution is 5.89. The number of methoxy groups -OCH3 is 3. The van der Waals surface area contributed by atoms with Crippen LogP contribution >= 0.6 is 0 Å². The summed E-state index contributed by atoms with van der Waals surface area (Å²) in [5, 5.41) is 18.2. The van der Waals surface area contributed by atoms with Crippen molar-refractivity contribution in [2.45, 2.75) is 6.92 Å². The van der Waals surface area contributed by atoms with Crippen LogP contribution in [-0.2, 0) is 33.2 Å². The Bertz CT molecular complexity index is 1890. The molecule has 0 radical (unpaired) electrons. The maximum absolute atomic E-state index is 11.9. The van der Waals surface area contributed by atoms with Gasteiger partial charge in [-0.05, 0) is 77.7 Å². The van der Waals surface area contributed by atoms with Crippen LogP contribution in [-0.4, -0.2) is 118 Å². The molecule has 60 heavy (non-hydrogen) atoms. The van der Waals surface area contributed by atoms with Crippen LogP contribution < -0.4 is 14.2 Å². The van der Waals surface area contributed by atoms with E-state index in [1.54, 1.807) is 63.6 Å².